The van der Waals surface area contributed by atoms with Crippen molar-refractivity contribution in [3.05, 3.63) is 70.3 Å². The summed E-state index contributed by atoms with van der Waals surface area (Å²) < 4.78 is 5.51. The van der Waals surface area contributed by atoms with E-state index in [2.05, 4.69) is 10.9 Å². The molecule has 0 fully saturated rings. The van der Waals surface area contributed by atoms with Gasteiger partial charge in [0.25, 0.3) is 11.8 Å². The van der Waals surface area contributed by atoms with E-state index in [-0.39, 0.29) is 6.61 Å². The number of nitrogens with one attached hydrogen (secondary N) is 2. The average Bonchev–Trinajstić information content (AvgIpc) is 2.59. The number of hydrazine groups is 1. The third kappa shape index (κ3) is 5.65. The van der Waals surface area contributed by atoms with Crippen molar-refractivity contribution >= 4 is 29.5 Å². The van der Waals surface area contributed by atoms with Crippen molar-refractivity contribution in [2.45, 2.75) is 13.8 Å². The molecule has 0 atom stereocenters. The number of benzene rings is 2. The maximum absolute atomic E-state index is 11.8. The highest BCUT2D eigenvalue weighted by atomic mass is 35.5. The Morgan fingerprint density at radius 1 is 1.04 bits per heavy atom. The largest absolute Gasteiger partial charge is 0.483 e. The van der Waals surface area contributed by atoms with Crippen LogP contribution in [-0.2, 0) is 9.59 Å². The van der Waals surface area contributed by atoms with Crippen molar-refractivity contribution < 1.29 is 14.3 Å². The summed E-state index contributed by atoms with van der Waals surface area (Å²) in [5.41, 5.74) is 7.18. The molecule has 130 valence electrons. The van der Waals surface area contributed by atoms with Crippen molar-refractivity contribution in [1.29, 1.82) is 0 Å². The molecule has 2 N–H and O–H groups in total. The van der Waals surface area contributed by atoms with Crippen LogP contribution in [0.25, 0.3) is 6.08 Å². The molecule has 0 aliphatic carbocycles. The van der Waals surface area contributed by atoms with Gasteiger partial charge < -0.3 is 4.74 Å². The van der Waals surface area contributed by atoms with Crippen LogP contribution in [0.2, 0.25) is 5.02 Å². The van der Waals surface area contributed by atoms with E-state index in [0.29, 0.717) is 16.3 Å². The first kappa shape index (κ1) is 18.5. The molecule has 0 aliphatic rings. The molecule has 6 heteroatoms. The third-order valence-electron chi connectivity index (χ3n) is 3.40. The summed E-state index contributed by atoms with van der Waals surface area (Å²) in [5, 5.41) is 0.539. The lowest BCUT2D eigenvalue weighted by molar-refractivity contribution is -0.128. The van der Waals surface area contributed by atoms with Gasteiger partial charge in [0.05, 0.1) is 0 Å². The van der Waals surface area contributed by atoms with Crippen molar-refractivity contribution in [3.63, 3.8) is 0 Å². The van der Waals surface area contributed by atoms with Gasteiger partial charge in [0.2, 0.25) is 0 Å². The van der Waals surface area contributed by atoms with E-state index in [1.165, 1.54) is 6.08 Å². The van der Waals surface area contributed by atoms with Gasteiger partial charge in [0.1, 0.15) is 5.75 Å². The summed E-state index contributed by atoms with van der Waals surface area (Å²) in [6.45, 7) is 3.61. The number of carbonyl (C=O) groups is 2. The number of para-hydroxylation sites is 1. The molecule has 0 aromatic heterocycles. The summed E-state index contributed by atoms with van der Waals surface area (Å²) in [4.78, 5) is 23.5. The highest BCUT2D eigenvalue weighted by Gasteiger charge is 2.07. The predicted molar refractivity (Wildman–Crippen MR) is 98.2 cm³/mol. The smallest absolute Gasteiger partial charge is 0.276 e. The van der Waals surface area contributed by atoms with Crippen LogP contribution < -0.4 is 15.6 Å². The summed E-state index contributed by atoms with van der Waals surface area (Å²) in [5.74, 6) is -0.259. The lowest BCUT2D eigenvalue weighted by atomic mass is 10.1. The lowest BCUT2D eigenvalue weighted by Gasteiger charge is -2.11. The number of aryl methyl sites for hydroxylation is 2. The first-order chi connectivity index (χ1) is 12.0. The van der Waals surface area contributed by atoms with Gasteiger partial charge in [-0.1, -0.05) is 48.0 Å². The predicted octanol–water partition coefficient (Wildman–Crippen LogP) is 3.20. The molecular formula is C19H19ClN2O3. The Hall–Kier alpha value is -2.79. The van der Waals surface area contributed by atoms with Gasteiger partial charge in [0.15, 0.2) is 6.61 Å². The number of ether oxygens (including phenoxy) is 1. The maximum atomic E-state index is 11.8. The normalized spacial score (nSPS) is 10.5. The minimum absolute atomic E-state index is 0.194. The Labute approximate surface area is 151 Å². The SMILES string of the molecule is Cc1cccc(C)c1OCC(=O)NNC(=O)/C=C/c1ccccc1Cl. The monoisotopic (exact) mass is 358 g/mol. The molecule has 2 rings (SSSR count). The lowest BCUT2D eigenvalue weighted by Crippen LogP contribution is -2.43. The Morgan fingerprint density at radius 2 is 1.72 bits per heavy atom. The fourth-order valence-corrected chi connectivity index (χ4v) is 2.35. The minimum Gasteiger partial charge on any atom is -0.483 e. The van der Waals surface area contributed by atoms with Crippen LogP contribution in [0.4, 0.5) is 0 Å². The number of rotatable bonds is 5. The highest BCUT2D eigenvalue weighted by molar-refractivity contribution is 6.32. The van der Waals surface area contributed by atoms with E-state index >= 15 is 0 Å². The van der Waals surface area contributed by atoms with Gasteiger partial charge in [-0.3, -0.25) is 20.4 Å². The van der Waals surface area contributed by atoms with E-state index in [1.54, 1.807) is 24.3 Å². The Balaban J connectivity index is 1.80. The van der Waals surface area contributed by atoms with Gasteiger partial charge in [0, 0.05) is 11.1 Å². The molecule has 0 saturated heterocycles. The van der Waals surface area contributed by atoms with Crippen molar-refractivity contribution in [3.8, 4) is 5.75 Å². The Morgan fingerprint density at radius 3 is 2.40 bits per heavy atom. The van der Waals surface area contributed by atoms with Gasteiger partial charge >= 0.3 is 0 Å². The molecule has 0 radical (unpaired) electrons. The first-order valence-corrected chi connectivity index (χ1v) is 8.05. The highest BCUT2D eigenvalue weighted by Crippen LogP contribution is 2.22. The van der Waals surface area contributed by atoms with E-state index in [1.807, 2.05) is 38.1 Å². The number of carbonyl (C=O) groups excluding carboxylic acids is 2. The Bertz CT molecular complexity index is 783. The van der Waals surface area contributed by atoms with E-state index in [9.17, 15) is 9.59 Å². The van der Waals surface area contributed by atoms with Crippen LogP contribution in [0.1, 0.15) is 16.7 Å². The van der Waals surface area contributed by atoms with Crippen LogP contribution in [-0.4, -0.2) is 18.4 Å². The van der Waals surface area contributed by atoms with Gasteiger partial charge in [-0.2, -0.15) is 0 Å². The van der Waals surface area contributed by atoms with Crippen LogP contribution in [0.3, 0.4) is 0 Å². The zero-order valence-corrected chi connectivity index (χ0v) is 14.8. The summed E-state index contributed by atoms with van der Waals surface area (Å²) in [7, 11) is 0. The molecule has 0 unspecified atom stereocenters. The molecule has 0 heterocycles. The quantitative estimate of drug-likeness (QED) is 0.637. The first-order valence-electron chi connectivity index (χ1n) is 7.68. The second-order valence-electron chi connectivity index (χ2n) is 5.40. The molecule has 0 spiro atoms. The van der Waals surface area contributed by atoms with Crippen LogP contribution >= 0.6 is 11.6 Å². The molecule has 0 saturated carbocycles. The molecule has 0 aliphatic heterocycles. The number of halogens is 1. The summed E-state index contributed by atoms with van der Waals surface area (Å²) >= 11 is 5.99. The molecule has 2 amide bonds. The number of hydrogen-bond donors (Lipinski definition) is 2. The topological polar surface area (TPSA) is 67.4 Å². The van der Waals surface area contributed by atoms with Crippen LogP contribution in [0.15, 0.2) is 48.5 Å². The molecule has 2 aromatic carbocycles. The molecule has 0 bridgehead atoms. The molecule has 25 heavy (non-hydrogen) atoms. The van der Waals surface area contributed by atoms with Gasteiger partial charge in [-0.15, -0.1) is 0 Å². The second-order valence-corrected chi connectivity index (χ2v) is 5.81. The van der Waals surface area contributed by atoms with Gasteiger partial charge in [-0.25, -0.2) is 0 Å². The van der Waals surface area contributed by atoms with Crippen molar-refractivity contribution in [2.24, 2.45) is 0 Å². The molecule has 2 aromatic rings. The summed E-state index contributed by atoms with van der Waals surface area (Å²) in [6, 6.07) is 12.9. The molecule has 5 nitrogen and oxygen atoms in total. The zero-order valence-electron chi connectivity index (χ0n) is 14.0. The van der Waals surface area contributed by atoms with Crippen LogP contribution in [0, 0.1) is 13.8 Å². The maximum Gasteiger partial charge on any atom is 0.276 e. The number of amides is 2. The third-order valence-corrected chi connectivity index (χ3v) is 3.75. The van der Waals surface area contributed by atoms with E-state index in [0.717, 1.165) is 11.1 Å². The number of hydrogen-bond acceptors (Lipinski definition) is 3. The van der Waals surface area contributed by atoms with Crippen molar-refractivity contribution in [1.82, 2.24) is 10.9 Å². The van der Waals surface area contributed by atoms with E-state index in [4.69, 9.17) is 16.3 Å². The average molecular weight is 359 g/mol. The summed E-state index contributed by atoms with van der Waals surface area (Å²) in [6.07, 6.45) is 2.85. The zero-order chi connectivity index (χ0) is 18.2. The van der Waals surface area contributed by atoms with Crippen molar-refractivity contribution in [2.75, 3.05) is 6.61 Å². The standard InChI is InChI=1S/C19H19ClN2O3/c1-13-6-5-7-14(2)19(13)25-12-18(24)22-21-17(23)11-10-15-8-3-4-9-16(15)20/h3-11H,12H2,1-2H3,(H,21,23)(H,22,24)/b11-10+. The van der Waals surface area contributed by atoms with Crippen LogP contribution in [0.5, 0.6) is 5.75 Å². The minimum atomic E-state index is -0.472. The van der Waals surface area contributed by atoms with E-state index < -0.39 is 11.8 Å². The fraction of sp³-hybridized carbons (Fsp3) is 0.158. The second kappa shape index (κ2) is 8.89. The van der Waals surface area contributed by atoms with Gasteiger partial charge in [-0.05, 0) is 42.7 Å². The fourth-order valence-electron chi connectivity index (χ4n) is 2.15. The molecular weight excluding hydrogens is 340 g/mol. The Kier molecular flexibility index (Phi) is 6.60.